The SMILES string of the molecule is CC1CCN1C(=O)C(CC(=O)O)NC(=O)OCC1c2ccccc2-c2ccccc21. The Balaban J connectivity index is 1.44. The molecule has 2 aromatic rings. The van der Waals surface area contributed by atoms with Crippen LogP contribution in [0.4, 0.5) is 4.79 Å². The van der Waals surface area contributed by atoms with Gasteiger partial charge in [0.25, 0.3) is 0 Å². The number of carboxylic acid groups (broad SMARTS) is 1. The summed E-state index contributed by atoms with van der Waals surface area (Å²) in [5, 5.41) is 11.6. The second-order valence-electron chi connectivity index (χ2n) is 7.79. The zero-order valence-electron chi connectivity index (χ0n) is 16.7. The first kappa shape index (κ1) is 19.9. The second kappa shape index (κ2) is 8.18. The number of carbonyl (C=O) groups excluding carboxylic acids is 2. The van der Waals surface area contributed by atoms with Crippen molar-refractivity contribution >= 4 is 18.0 Å². The summed E-state index contributed by atoms with van der Waals surface area (Å²) in [6.45, 7) is 2.57. The summed E-state index contributed by atoms with van der Waals surface area (Å²) in [5.41, 5.74) is 4.40. The van der Waals surface area contributed by atoms with E-state index in [0.29, 0.717) is 6.54 Å². The van der Waals surface area contributed by atoms with E-state index in [1.54, 1.807) is 4.90 Å². The topological polar surface area (TPSA) is 95.9 Å². The first-order chi connectivity index (χ1) is 14.5. The Bertz CT molecular complexity index is 944. The van der Waals surface area contributed by atoms with Crippen LogP contribution >= 0.6 is 0 Å². The lowest BCUT2D eigenvalue weighted by atomic mass is 9.98. The van der Waals surface area contributed by atoms with Crippen LogP contribution in [-0.4, -0.2) is 53.2 Å². The van der Waals surface area contributed by atoms with Gasteiger partial charge in [0.15, 0.2) is 0 Å². The molecule has 1 aliphatic heterocycles. The van der Waals surface area contributed by atoms with Crippen molar-refractivity contribution in [3.63, 3.8) is 0 Å². The molecular weight excluding hydrogens is 384 g/mol. The molecule has 2 amide bonds. The first-order valence-electron chi connectivity index (χ1n) is 10.1. The van der Waals surface area contributed by atoms with Gasteiger partial charge in [-0.1, -0.05) is 48.5 Å². The van der Waals surface area contributed by atoms with E-state index in [9.17, 15) is 14.4 Å². The van der Waals surface area contributed by atoms with Gasteiger partial charge in [-0.05, 0) is 35.6 Å². The molecule has 7 heteroatoms. The van der Waals surface area contributed by atoms with Crippen LogP contribution in [0.2, 0.25) is 0 Å². The van der Waals surface area contributed by atoms with E-state index in [-0.39, 0.29) is 24.5 Å². The number of carboxylic acids is 1. The van der Waals surface area contributed by atoms with E-state index in [1.807, 2.05) is 55.5 Å². The summed E-state index contributed by atoms with van der Waals surface area (Å²) in [6.07, 6.45) is -0.396. The van der Waals surface area contributed by atoms with Gasteiger partial charge in [0.1, 0.15) is 12.6 Å². The molecule has 2 unspecified atom stereocenters. The Morgan fingerprint density at radius 2 is 1.70 bits per heavy atom. The Kier molecular flexibility index (Phi) is 5.44. The lowest BCUT2D eigenvalue weighted by molar-refractivity contribution is -0.146. The molecule has 1 saturated heterocycles. The highest BCUT2D eigenvalue weighted by Gasteiger charge is 2.36. The summed E-state index contributed by atoms with van der Waals surface area (Å²) in [7, 11) is 0. The predicted octanol–water partition coefficient (Wildman–Crippen LogP) is 2.99. The zero-order chi connectivity index (χ0) is 21.3. The van der Waals surface area contributed by atoms with Crippen LogP contribution in [0.5, 0.6) is 0 Å². The fraction of sp³-hybridized carbons (Fsp3) is 0.348. The molecule has 1 heterocycles. The predicted molar refractivity (Wildman–Crippen MR) is 110 cm³/mol. The molecule has 2 atom stereocenters. The monoisotopic (exact) mass is 408 g/mol. The number of carbonyl (C=O) groups is 3. The minimum atomic E-state index is -1.15. The summed E-state index contributed by atoms with van der Waals surface area (Å²) >= 11 is 0. The lowest BCUT2D eigenvalue weighted by Crippen LogP contribution is -2.57. The van der Waals surface area contributed by atoms with E-state index < -0.39 is 24.5 Å². The number of ether oxygens (including phenoxy) is 1. The van der Waals surface area contributed by atoms with Crippen LogP contribution in [0.15, 0.2) is 48.5 Å². The van der Waals surface area contributed by atoms with Crippen molar-refractivity contribution in [3.05, 3.63) is 59.7 Å². The molecule has 1 fully saturated rings. The number of hydrogen-bond donors (Lipinski definition) is 2. The van der Waals surface area contributed by atoms with E-state index in [4.69, 9.17) is 9.84 Å². The van der Waals surface area contributed by atoms with Gasteiger partial charge >= 0.3 is 12.1 Å². The van der Waals surface area contributed by atoms with Crippen molar-refractivity contribution in [1.82, 2.24) is 10.2 Å². The van der Waals surface area contributed by atoms with Crippen molar-refractivity contribution in [3.8, 4) is 11.1 Å². The van der Waals surface area contributed by atoms with Gasteiger partial charge in [-0.2, -0.15) is 0 Å². The third-order valence-electron chi connectivity index (χ3n) is 5.92. The van der Waals surface area contributed by atoms with E-state index in [1.165, 1.54) is 0 Å². The molecule has 30 heavy (non-hydrogen) atoms. The normalized spacial score (nSPS) is 18.0. The van der Waals surface area contributed by atoms with Crippen LogP contribution in [0.1, 0.15) is 36.8 Å². The molecule has 7 nitrogen and oxygen atoms in total. The van der Waals surface area contributed by atoms with Gasteiger partial charge in [-0.3, -0.25) is 9.59 Å². The van der Waals surface area contributed by atoms with Gasteiger partial charge in [0.05, 0.1) is 6.42 Å². The van der Waals surface area contributed by atoms with E-state index in [0.717, 1.165) is 28.7 Å². The van der Waals surface area contributed by atoms with Crippen molar-refractivity contribution in [2.45, 2.75) is 37.8 Å². The number of alkyl carbamates (subject to hydrolysis) is 1. The Morgan fingerprint density at radius 3 is 2.20 bits per heavy atom. The molecule has 1 aliphatic carbocycles. The van der Waals surface area contributed by atoms with Crippen molar-refractivity contribution < 1.29 is 24.2 Å². The maximum Gasteiger partial charge on any atom is 0.407 e. The molecule has 156 valence electrons. The number of nitrogens with one attached hydrogen (secondary N) is 1. The maximum absolute atomic E-state index is 12.6. The molecule has 0 bridgehead atoms. The minimum Gasteiger partial charge on any atom is -0.481 e. The Labute approximate surface area is 174 Å². The minimum absolute atomic E-state index is 0.0538. The van der Waals surface area contributed by atoms with Crippen LogP contribution in [0.3, 0.4) is 0 Å². The number of hydrogen-bond acceptors (Lipinski definition) is 4. The fourth-order valence-electron chi connectivity index (χ4n) is 4.20. The molecule has 0 spiro atoms. The Morgan fingerprint density at radius 1 is 1.10 bits per heavy atom. The zero-order valence-corrected chi connectivity index (χ0v) is 16.7. The highest BCUT2D eigenvalue weighted by atomic mass is 16.5. The molecule has 0 aromatic heterocycles. The number of benzene rings is 2. The van der Waals surface area contributed by atoms with Gasteiger partial charge in [0, 0.05) is 18.5 Å². The van der Waals surface area contributed by atoms with Gasteiger partial charge in [0.2, 0.25) is 5.91 Å². The summed E-state index contributed by atoms with van der Waals surface area (Å²) < 4.78 is 5.45. The number of rotatable bonds is 6. The second-order valence-corrected chi connectivity index (χ2v) is 7.79. The summed E-state index contributed by atoms with van der Waals surface area (Å²) in [6, 6.07) is 14.9. The fourth-order valence-corrected chi connectivity index (χ4v) is 4.20. The summed E-state index contributed by atoms with van der Waals surface area (Å²) in [5.74, 6) is -1.64. The van der Waals surface area contributed by atoms with E-state index in [2.05, 4.69) is 5.32 Å². The number of nitrogens with zero attached hydrogens (tertiary/aromatic N) is 1. The number of aliphatic carboxylic acids is 1. The summed E-state index contributed by atoms with van der Waals surface area (Å²) in [4.78, 5) is 37.8. The van der Waals surface area contributed by atoms with Gasteiger partial charge < -0.3 is 20.1 Å². The molecular formula is C23H24N2O5. The van der Waals surface area contributed by atoms with Crippen molar-refractivity contribution in [1.29, 1.82) is 0 Å². The van der Waals surface area contributed by atoms with Gasteiger partial charge in [-0.25, -0.2) is 4.79 Å². The first-order valence-corrected chi connectivity index (χ1v) is 10.1. The molecule has 2 N–H and O–H groups in total. The molecule has 0 radical (unpaired) electrons. The van der Waals surface area contributed by atoms with Gasteiger partial charge in [-0.15, -0.1) is 0 Å². The van der Waals surface area contributed by atoms with E-state index >= 15 is 0 Å². The van der Waals surface area contributed by atoms with Crippen LogP contribution in [0, 0.1) is 0 Å². The van der Waals surface area contributed by atoms with Crippen LogP contribution < -0.4 is 5.32 Å². The van der Waals surface area contributed by atoms with Crippen molar-refractivity contribution in [2.75, 3.05) is 13.2 Å². The highest BCUT2D eigenvalue weighted by Crippen LogP contribution is 2.44. The van der Waals surface area contributed by atoms with Crippen molar-refractivity contribution in [2.24, 2.45) is 0 Å². The number of likely N-dealkylation sites (tertiary alicyclic amines) is 1. The standard InChI is InChI=1S/C23H24N2O5/c1-14-10-11-25(14)22(28)20(12-21(26)27)24-23(29)30-13-19-17-8-4-2-6-15(17)16-7-3-5-9-18(16)19/h2-9,14,19-20H,10-13H2,1H3,(H,24,29)(H,26,27). The molecule has 2 aliphatic rings. The average Bonchev–Trinajstić information content (AvgIpc) is 3.04. The maximum atomic E-state index is 12.6. The third-order valence-corrected chi connectivity index (χ3v) is 5.92. The van der Waals surface area contributed by atoms with Crippen LogP contribution in [0.25, 0.3) is 11.1 Å². The Hall–Kier alpha value is -3.35. The van der Waals surface area contributed by atoms with Crippen LogP contribution in [-0.2, 0) is 14.3 Å². The lowest BCUT2D eigenvalue weighted by Gasteiger charge is -2.40. The number of fused-ring (bicyclic) bond motifs is 3. The molecule has 2 aromatic carbocycles. The molecule has 4 rings (SSSR count). The smallest absolute Gasteiger partial charge is 0.407 e. The quantitative estimate of drug-likeness (QED) is 0.766. The third kappa shape index (κ3) is 3.75. The largest absolute Gasteiger partial charge is 0.481 e. The average molecular weight is 408 g/mol. The molecule has 0 saturated carbocycles. The highest BCUT2D eigenvalue weighted by molar-refractivity contribution is 5.90. The number of amides is 2.